The second-order valence-corrected chi connectivity index (χ2v) is 4.76. The molecular weight excluding hydrogens is 256 g/mol. The van der Waals surface area contributed by atoms with Gasteiger partial charge in [-0.25, -0.2) is 0 Å². The van der Waals surface area contributed by atoms with E-state index < -0.39 is 0 Å². The van der Waals surface area contributed by atoms with Crippen LogP contribution in [0.5, 0.6) is 0 Å². The molecule has 2 heterocycles. The lowest BCUT2D eigenvalue weighted by Crippen LogP contribution is -2.26. The number of nitrogens with zero attached hydrogens (tertiary/aromatic N) is 3. The first-order valence-electron chi connectivity index (χ1n) is 6.24. The molecule has 6 nitrogen and oxygen atoms in total. The van der Waals surface area contributed by atoms with Crippen LogP contribution in [0.4, 0.5) is 0 Å². The van der Waals surface area contributed by atoms with Gasteiger partial charge in [-0.15, -0.1) is 0 Å². The van der Waals surface area contributed by atoms with E-state index in [2.05, 4.69) is 15.4 Å². The molecule has 102 valence electrons. The van der Waals surface area contributed by atoms with Gasteiger partial charge < -0.3 is 9.42 Å². The topological polar surface area (TPSA) is 75.0 Å². The zero-order chi connectivity index (χ0) is 14.1. The number of hydrogen-bond acceptors (Lipinski definition) is 4. The lowest BCUT2D eigenvalue weighted by Gasteiger charge is -2.15. The number of fused-ring (bicyclic) bond motifs is 1. The summed E-state index contributed by atoms with van der Waals surface area (Å²) in [7, 11) is 1.74. The first-order valence-corrected chi connectivity index (χ1v) is 6.24. The number of hydrogen-bond donors (Lipinski definition) is 1. The molecule has 0 radical (unpaired) electrons. The fourth-order valence-corrected chi connectivity index (χ4v) is 2.10. The highest BCUT2D eigenvalue weighted by atomic mass is 16.5. The van der Waals surface area contributed by atoms with E-state index in [-0.39, 0.29) is 5.91 Å². The summed E-state index contributed by atoms with van der Waals surface area (Å²) in [6, 6.07) is 7.29. The summed E-state index contributed by atoms with van der Waals surface area (Å²) in [6.45, 7) is 2.24. The Kier molecular flexibility index (Phi) is 2.98. The Hall–Kier alpha value is -2.63. The summed E-state index contributed by atoms with van der Waals surface area (Å²) in [5.74, 6) is 0.668. The molecule has 0 fully saturated rings. The molecule has 1 aromatic carbocycles. The third-order valence-electron chi connectivity index (χ3n) is 3.11. The molecule has 20 heavy (non-hydrogen) atoms. The maximum atomic E-state index is 12.4. The van der Waals surface area contributed by atoms with Crippen molar-refractivity contribution in [1.29, 1.82) is 0 Å². The molecule has 0 unspecified atom stereocenters. The van der Waals surface area contributed by atoms with Crippen LogP contribution in [0, 0.1) is 6.92 Å². The van der Waals surface area contributed by atoms with E-state index in [0.29, 0.717) is 12.1 Å². The molecular formula is C14H14N4O2. The van der Waals surface area contributed by atoms with Crippen molar-refractivity contribution in [2.75, 3.05) is 7.05 Å². The largest absolute Gasteiger partial charge is 0.361 e. The molecule has 3 rings (SSSR count). The monoisotopic (exact) mass is 270 g/mol. The van der Waals surface area contributed by atoms with Crippen molar-refractivity contribution >= 4 is 16.8 Å². The molecule has 0 saturated heterocycles. The van der Waals surface area contributed by atoms with Gasteiger partial charge in [-0.05, 0) is 19.1 Å². The number of carbonyl (C=O) groups excluding carboxylic acids is 1. The van der Waals surface area contributed by atoms with Gasteiger partial charge in [0.2, 0.25) is 0 Å². The Morgan fingerprint density at radius 3 is 3.00 bits per heavy atom. The predicted octanol–water partition coefficient (Wildman–Crippen LogP) is 2.13. The third kappa shape index (κ3) is 2.27. The van der Waals surface area contributed by atoms with Crippen molar-refractivity contribution in [1.82, 2.24) is 20.3 Å². The van der Waals surface area contributed by atoms with Crippen molar-refractivity contribution in [2.45, 2.75) is 13.5 Å². The van der Waals surface area contributed by atoms with Crippen molar-refractivity contribution in [2.24, 2.45) is 0 Å². The van der Waals surface area contributed by atoms with E-state index in [1.165, 1.54) is 0 Å². The molecule has 0 aliphatic rings. The van der Waals surface area contributed by atoms with E-state index in [4.69, 9.17) is 4.52 Å². The van der Waals surface area contributed by atoms with Crippen molar-refractivity contribution in [3.8, 4) is 0 Å². The molecule has 2 aromatic heterocycles. The van der Waals surface area contributed by atoms with E-state index >= 15 is 0 Å². The Balaban J connectivity index is 1.80. The van der Waals surface area contributed by atoms with Crippen LogP contribution in [-0.2, 0) is 6.54 Å². The predicted molar refractivity (Wildman–Crippen MR) is 73.1 cm³/mol. The van der Waals surface area contributed by atoms with Gasteiger partial charge in [-0.1, -0.05) is 11.2 Å². The fourth-order valence-electron chi connectivity index (χ4n) is 2.10. The summed E-state index contributed by atoms with van der Waals surface area (Å²) >= 11 is 0. The number of rotatable bonds is 3. The summed E-state index contributed by atoms with van der Waals surface area (Å²) in [6.07, 6.45) is 1.73. The summed E-state index contributed by atoms with van der Waals surface area (Å²) in [5, 5.41) is 11.7. The van der Waals surface area contributed by atoms with Gasteiger partial charge in [0.1, 0.15) is 11.5 Å². The molecule has 1 N–H and O–H groups in total. The number of carbonyl (C=O) groups is 1. The lowest BCUT2D eigenvalue weighted by atomic mass is 10.1. The minimum absolute atomic E-state index is 0.0675. The van der Waals surface area contributed by atoms with Crippen molar-refractivity contribution in [3.63, 3.8) is 0 Å². The maximum Gasteiger partial charge on any atom is 0.254 e. The minimum Gasteiger partial charge on any atom is -0.361 e. The number of aromatic nitrogens is 3. The number of aryl methyl sites for hydroxylation is 1. The van der Waals surface area contributed by atoms with Crippen LogP contribution < -0.4 is 0 Å². The molecule has 3 aromatic rings. The standard InChI is InChI=1S/C14H14N4O2/c1-9-5-12(17-20-9)8-18(2)14(19)10-3-4-11-7-15-16-13(11)6-10/h3-7H,8H2,1-2H3,(H,15,16). The Morgan fingerprint density at radius 1 is 1.40 bits per heavy atom. The Morgan fingerprint density at radius 2 is 2.25 bits per heavy atom. The Labute approximate surface area is 115 Å². The quantitative estimate of drug-likeness (QED) is 0.791. The average molecular weight is 270 g/mol. The number of H-pyrrole nitrogens is 1. The number of aromatic amines is 1. The van der Waals surface area contributed by atoms with E-state index in [1.54, 1.807) is 30.3 Å². The molecule has 0 bridgehead atoms. The minimum atomic E-state index is -0.0675. The molecule has 6 heteroatoms. The first kappa shape index (κ1) is 12.4. The molecule has 0 aliphatic heterocycles. The zero-order valence-corrected chi connectivity index (χ0v) is 11.3. The van der Waals surface area contributed by atoms with Crippen LogP contribution in [-0.4, -0.2) is 33.2 Å². The second-order valence-electron chi connectivity index (χ2n) is 4.76. The normalized spacial score (nSPS) is 10.9. The van der Waals surface area contributed by atoms with Gasteiger partial charge in [0.15, 0.2) is 0 Å². The second kappa shape index (κ2) is 4.80. The Bertz CT molecular complexity index is 759. The highest BCUT2D eigenvalue weighted by Gasteiger charge is 2.14. The van der Waals surface area contributed by atoms with E-state index in [0.717, 1.165) is 22.4 Å². The van der Waals surface area contributed by atoms with Crippen LogP contribution in [0.3, 0.4) is 0 Å². The summed E-state index contributed by atoms with van der Waals surface area (Å²) in [5.41, 5.74) is 2.20. The van der Waals surface area contributed by atoms with Crippen LogP contribution in [0.2, 0.25) is 0 Å². The van der Waals surface area contributed by atoms with Gasteiger partial charge in [-0.2, -0.15) is 5.10 Å². The molecule has 0 saturated carbocycles. The van der Waals surface area contributed by atoms with Gasteiger partial charge in [0.25, 0.3) is 5.91 Å². The first-order chi connectivity index (χ1) is 9.63. The maximum absolute atomic E-state index is 12.4. The number of amides is 1. The smallest absolute Gasteiger partial charge is 0.254 e. The number of nitrogens with one attached hydrogen (secondary N) is 1. The van der Waals surface area contributed by atoms with Gasteiger partial charge in [0.05, 0.1) is 18.3 Å². The van der Waals surface area contributed by atoms with Crippen molar-refractivity contribution in [3.05, 3.63) is 47.5 Å². The summed E-state index contributed by atoms with van der Waals surface area (Å²) in [4.78, 5) is 14.0. The van der Waals surface area contributed by atoms with Crippen molar-refractivity contribution < 1.29 is 9.32 Å². The van der Waals surface area contributed by atoms with E-state index in [9.17, 15) is 4.79 Å². The van der Waals surface area contributed by atoms with E-state index in [1.807, 2.05) is 19.1 Å². The fraction of sp³-hybridized carbons (Fsp3) is 0.214. The zero-order valence-electron chi connectivity index (χ0n) is 11.3. The highest BCUT2D eigenvalue weighted by Crippen LogP contribution is 2.15. The molecule has 0 spiro atoms. The van der Waals surface area contributed by atoms with Crippen LogP contribution in [0.1, 0.15) is 21.8 Å². The van der Waals surface area contributed by atoms with Crippen LogP contribution in [0.15, 0.2) is 35.0 Å². The molecule has 0 aliphatic carbocycles. The molecule has 1 amide bonds. The van der Waals surface area contributed by atoms with Gasteiger partial charge in [-0.3, -0.25) is 9.89 Å². The highest BCUT2D eigenvalue weighted by molar-refractivity contribution is 5.97. The van der Waals surface area contributed by atoms with Gasteiger partial charge >= 0.3 is 0 Å². The average Bonchev–Trinajstić information content (AvgIpc) is 3.05. The SMILES string of the molecule is Cc1cc(CN(C)C(=O)c2ccc3cn[nH]c3c2)no1. The van der Waals surface area contributed by atoms with Crippen LogP contribution in [0.25, 0.3) is 10.9 Å². The third-order valence-corrected chi connectivity index (χ3v) is 3.11. The van der Waals surface area contributed by atoms with Gasteiger partial charge in [0, 0.05) is 24.1 Å². The molecule has 0 atom stereocenters. The number of benzene rings is 1. The lowest BCUT2D eigenvalue weighted by molar-refractivity contribution is 0.0782. The van der Waals surface area contributed by atoms with Crippen LogP contribution >= 0.6 is 0 Å². The summed E-state index contributed by atoms with van der Waals surface area (Å²) < 4.78 is 5.00.